The highest BCUT2D eigenvalue weighted by Gasteiger charge is 2.57. The van der Waals surface area contributed by atoms with Gasteiger partial charge in [-0.25, -0.2) is 4.98 Å². The molecular weight excluding hydrogens is 420 g/mol. The molecule has 0 radical (unpaired) electrons. The lowest BCUT2D eigenvalue weighted by Crippen LogP contribution is -2.57. The number of hydrogen-bond acceptors (Lipinski definition) is 3. The van der Waals surface area contributed by atoms with Crippen molar-refractivity contribution < 1.29 is 4.79 Å². The lowest BCUT2D eigenvalue weighted by atomic mass is 9.45. The minimum absolute atomic E-state index is 0.0425. The van der Waals surface area contributed by atoms with E-state index in [0.717, 1.165) is 43.2 Å². The zero-order valence-corrected chi connectivity index (χ0v) is 19.5. The molecule has 3 atom stereocenters. The van der Waals surface area contributed by atoms with Crippen molar-refractivity contribution in [3.63, 3.8) is 0 Å². The van der Waals surface area contributed by atoms with Crippen molar-refractivity contribution in [1.29, 1.82) is 0 Å². The fraction of sp³-hybridized carbons (Fsp3) is 0.615. The van der Waals surface area contributed by atoms with Crippen molar-refractivity contribution in [3.05, 3.63) is 54.1 Å². The maximum Gasteiger partial charge on any atom is 0.252 e. The first-order chi connectivity index (χ1) is 15.6. The van der Waals surface area contributed by atoms with E-state index in [1.165, 1.54) is 50.6 Å². The Kier molecular flexibility index (Phi) is 6.56. The lowest BCUT2D eigenvalue weighted by Gasteiger charge is -2.61. The highest BCUT2D eigenvalue weighted by molar-refractivity contribution is 6.22. The molecule has 0 aliphatic heterocycles. The van der Waals surface area contributed by atoms with Gasteiger partial charge in [-0.2, -0.15) is 0 Å². The average molecular weight is 455 g/mol. The first-order valence-corrected chi connectivity index (χ1v) is 12.7. The molecule has 1 aromatic carbocycles. The Morgan fingerprint density at radius 2 is 1.94 bits per heavy atom. The maximum atomic E-state index is 12.7. The number of aromatic amines is 1. The minimum atomic E-state index is -0.270. The predicted octanol–water partition coefficient (Wildman–Crippen LogP) is 4.76. The van der Waals surface area contributed by atoms with Gasteiger partial charge in [-0.1, -0.05) is 29.8 Å². The van der Waals surface area contributed by atoms with Crippen molar-refractivity contribution >= 4 is 17.5 Å². The third-order valence-corrected chi connectivity index (χ3v) is 8.94. The molecule has 172 valence electrons. The van der Waals surface area contributed by atoms with Crippen molar-refractivity contribution in [2.75, 3.05) is 13.1 Å². The Bertz CT molecular complexity index is 870. The average Bonchev–Trinajstić information content (AvgIpc) is 3.31. The van der Waals surface area contributed by atoms with Gasteiger partial charge in [-0.15, -0.1) is 0 Å². The van der Waals surface area contributed by atoms with Gasteiger partial charge in [0.2, 0.25) is 0 Å². The highest BCUT2D eigenvalue weighted by atomic mass is 35.5. The fourth-order valence-corrected chi connectivity index (χ4v) is 7.51. The molecule has 1 heterocycles. The molecular formula is C26H35ClN4O. The van der Waals surface area contributed by atoms with E-state index in [1.54, 1.807) is 6.33 Å². The number of benzene rings is 1. The zero-order valence-electron chi connectivity index (χ0n) is 18.7. The molecule has 4 aliphatic rings. The number of H-pyrrole nitrogens is 1. The van der Waals surface area contributed by atoms with Gasteiger partial charge in [0, 0.05) is 35.8 Å². The standard InChI is InChI=1S/C26H35ClN4O/c27-25(31-24(32)19-5-2-1-3-6-19)26-13-18-11-20(14-26)23(21(12-18)15-26)7-4-9-28-10-8-22-16-29-17-30-22/h1-3,5-6,16-18,20-21,23,25,28H,4,7-15H2,(H,29,30)(H,31,32). The summed E-state index contributed by atoms with van der Waals surface area (Å²) in [6.45, 7) is 2.09. The van der Waals surface area contributed by atoms with E-state index in [-0.39, 0.29) is 16.8 Å². The van der Waals surface area contributed by atoms with Gasteiger partial charge < -0.3 is 15.6 Å². The van der Waals surface area contributed by atoms with Gasteiger partial charge in [0.25, 0.3) is 5.91 Å². The quantitative estimate of drug-likeness (QED) is 0.275. The van der Waals surface area contributed by atoms with Crippen LogP contribution in [-0.2, 0) is 6.42 Å². The van der Waals surface area contributed by atoms with E-state index < -0.39 is 0 Å². The van der Waals surface area contributed by atoms with Gasteiger partial charge in [0.15, 0.2) is 0 Å². The normalized spacial score (nSPS) is 31.5. The van der Waals surface area contributed by atoms with E-state index in [2.05, 4.69) is 20.6 Å². The summed E-state index contributed by atoms with van der Waals surface area (Å²) >= 11 is 6.95. The second kappa shape index (κ2) is 9.56. The van der Waals surface area contributed by atoms with Crippen molar-refractivity contribution in [1.82, 2.24) is 20.6 Å². The van der Waals surface area contributed by atoms with Crippen LogP contribution in [0.4, 0.5) is 0 Å². The monoisotopic (exact) mass is 454 g/mol. The number of amides is 1. The number of aromatic nitrogens is 2. The first-order valence-electron chi connectivity index (χ1n) is 12.3. The molecule has 6 heteroatoms. The van der Waals surface area contributed by atoms with Gasteiger partial charge >= 0.3 is 0 Å². The largest absolute Gasteiger partial charge is 0.348 e. The van der Waals surface area contributed by atoms with Gasteiger partial charge in [0.05, 0.1) is 6.33 Å². The van der Waals surface area contributed by atoms with Crippen molar-refractivity contribution in [3.8, 4) is 0 Å². The van der Waals surface area contributed by atoms with Crippen LogP contribution < -0.4 is 10.6 Å². The Hall–Kier alpha value is -1.85. The van der Waals surface area contributed by atoms with Crippen molar-refractivity contribution in [2.45, 2.75) is 56.9 Å². The fourth-order valence-electron chi connectivity index (χ4n) is 7.15. The summed E-state index contributed by atoms with van der Waals surface area (Å²) in [6, 6.07) is 9.46. The summed E-state index contributed by atoms with van der Waals surface area (Å²) in [5.41, 5.74) is 1.70. The number of nitrogens with one attached hydrogen (secondary N) is 3. The topological polar surface area (TPSA) is 69.8 Å². The molecule has 3 N–H and O–H groups in total. The summed E-state index contributed by atoms with van der Waals surface area (Å²) in [4.78, 5) is 19.9. The SMILES string of the molecule is O=C(NC(Cl)C12CC3CC(C1)C(CCCNCCc1cnc[nH]1)C(C3)C2)c1ccccc1. The lowest BCUT2D eigenvalue weighted by molar-refractivity contribution is -0.101. The number of hydrogen-bond donors (Lipinski definition) is 3. The maximum absolute atomic E-state index is 12.7. The number of halogens is 1. The van der Waals surface area contributed by atoms with E-state index in [9.17, 15) is 4.79 Å². The number of nitrogens with zero attached hydrogens (tertiary/aromatic N) is 1. The van der Waals surface area contributed by atoms with E-state index in [0.29, 0.717) is 5.56 Å². The van der Waals surface area contributed by atoms with Crippen LogP contribution in [-0.4, -0.2) is 34.5 Å². The van der Waals surface area contributed by atoms with Crippen LogP contribution in [0.5, 0.6) is 0 Å². The summed E-state index contributed by atoms with van der Waals surface area (Å²) in [5, 5.41) is 6.75. The number of imidazole rings is 1. The molecule has 5 nitrogen and oxygen atoms in total. The van der Waals surface area contributed by atoms with E-state index >= 15 is 0 Å². The van der Waals surface area contributed by atoms with Crippen molar-refractivity contribution in [2.24, 2.45) is 29.1 Å². The molecule has 1 amide bonds. The number of carbonyl (C=O) groups is 1. The Labute approximate surface area is 196 Å². The van der Waals surface area contributed by atoms with Crippen LogP contribution in [0.3, 0.4) is 0 Å². The molecule has 4 saturated carbocycles. The minimum Gasteiger partial charge on any atom is -0.348 e. The van der Waals surface area contributed by atoms with Crippen LogP contribution >= 0.6 is 11.6 Å². The highest BCUT2D eigenvalue weighted by Crippen LogP contribution is 2.64. The summed E-state index contributed by atoms with van der Waals surface area (Å²) in [7, 11) is 0. The third-order valence-electron chi connectivity index (χ3n) is 8.36. The molecule has 4 aliphatic carbocycles. The summed E-state index contributed by atoms with van der Waals surface area (Å²) in [5.74, 6) is 3.15. The summed E-state index contributed by atoms with van der Waals surface area (Å²) < 4.78 is 0. The Balaban J connectivity index is 1.12. The molecule has 0 spiro atoms. The van der Waals surface area contributed by atoms with Gasteiger partial charge in [-0.3, -0.25) is 4.79 Å². The van der Waals surface area contributed by atoms with Gasteiger partial charge in [0.1, 0.15) is 5.50 Å². The Morgan fingerprint density at radius 1 is 1.16 bits per heavy atom. The molecule has 4 bridgehead atoms. The zero-order chi connectivity index (χ0) is 22.0. The van der Waals surface area contributed by atoms with Crippen LogP contribution in [0.2, 0.25) is 0 Å². The molecule has 4 fully saturated rings. The molecule has 32 heavy (non-hydrogen) atoms. The second-order valence-electron chi connectivity index (χ2n) is 10.4. The van der Waals surface area contributed by atoms with Crippen LogP contribution in [0, 0.1) is 29.1 Å². The Morgan fingerprint density at radius 3 is 2.66 bits per heavy atom. The number of alkyl halides is 1. The van der Waals surface area contributed by atoms with Gasteiger partial charge in [-0.05, 0) is 87.3 Å². The van der Waals surface area contributed by atoms with Crippen LogP contribution in [0.25, 0.3) is 0 Å². The predicted molar refractivity (Wildman–Crippen MR) is 127 cm³/mol. The molecule has 0 saturated heterocycles. The van der Waals surface area contributed by atoms with Crippen LogP contribution in [0.1, 0.15) is 61.0 Å². The summed E-state index contributed by atoms with van der Waals surface area (Å²) in [6.07, 6.45) is 13.5. The molecule has 3 unspecified atom stereocenters. The van der Waals surface area contributed by atoms with E-state index in [4.69, 9.17) is 11.6 Å². The second-order valence-corrected chi connectivity index (χ2v) is 10.9. The number of carbonyl (C=O) groups excluding carboxylic acids is 1. The molecule has 6 rings (SSSR count). The van der Waals surface area contributed by atoms with Crippen LogP contribution in [0.15, 0.2) is 42.9 Å². The first kappa shape index (κ1) is 22.0. The molecule has 1 aromatic heterocycles. The van der Waals surface area contributed by atoms with E-state index in [1.807, 2.05) is 36.5 Å². The number of rotatable bonds is 10. The molecule has 2 aromatic rings. The smallest absolute Gasteiger partial charge is 0.252 e. The third kappa shape index (κ3) is 4.60.